The Hall–Kier alpha value is -3.19. The Labute approximate surface area is 211 Å². The van der Waals surface area contributed by atoms with E-state index in [0.717, 1.165) is 37.7 Å². The molecule has 1 heterocycles. The van der Waals surface area contributed by atoms with E-state index in [2.05, 4.69) is 29.5 Å². The van der Waals surface area contributed by atoms with Gasteiger partial charge in [-0.25, -0.2) is 13.2 Å². The summed E-state index contributed by atoms with van der Waals surface area (Å²) < 4.78 is 42.4. The van der Waals surface area contributed by atoms with Gasteiger partial charge in [0.15, 0.2) is 0 Å². The Kier molecular flexibility index (Phi) is 10.1. The lowest BCUT2D eigenvalue weighted by Gasteiger charge is -2.20. The Morgan fingerprint density at radius 3 is 2.44 bits per heavy atom. The molecule has 3 aromatic rings. The van der Waals surface area contributed by atoms with Crippen molar-refractivity contribution in [2.24, 2.45) is 5.92 Å². The molecule has 1 aromatic heterocycles. The standard InChI is InChI=1S/C29H34F3N3O/c1-4-11-33-16-19(2)5-10-25-27(32)17-34-18-28(25)35-29(36)15-26(21-6-8-23(30)9-7-21)22-12-20(3)13-24(31)14-22/h6-9,12-14,17-19,26,33H,4-5,10-11,15-16H2,1-3H3,(H,35,36)/t19-,26+/m1/s1. The number of amides is 1. The van der Waals surface area contributed by atoms with E-state index in [1.807, 2.05) is 6.07 Å². The minimum absolute atomic E-state index is 0.0260. The van der Waals surface area contributed by atoms with Gasteiger partial charge in [0.25, 0.3) is 0 Å². The molecule has 0 aliphatic carbocycles. The topological polar surface area (TPSA) is 54.0 Å². The molecule has 2 atom stereocenters. The summed E-state index contributed by atoms with van der Waals surface area (Å²) in [7, 11) is 0. The van der Waals surface area contributed by atoms with Gasteiger partial charge in [0.05, 0.1) is 18.1 Å². The van der Waals surface area contributed by atoms with Crippen molar-refractivity contribution in [2.45, 2.75) is 52.4 Å². The summed E-state index contributed by atoms with van der Waals surface area (Å²) in [5.41, 5.74) is 2.77. The number of hydrogen-bond donors (Lipinski definition) is 2. The van der Waals surface area contributed by atoms with Crippen molar-refractivity contribution in [3.63, 3.8) is 0 Å². The first-order valence-corrected chi connectivity index (χ1v) is 12.4. The van der Waals surface area contributed by atoms with Gasteiger partial charge in [0.1, 0.15) is 17.5 Å². The van der Waals surface area contributed by atoms with Crippen molar-refractivity contribution in [1.82, 2.24) is 10.3 Å². The van der Waals surface area contributed by atoms with Gasteiger partial charge in [-0.2, -0.15) is 0 Å². The van der Waals surface area contributed by atoms with Crippen molar-refractivity contribution in [2.75, 3.05) is 18.4 Å². The highest BCUT2D eigenvalue weighted by atomic mass is 19.1. The van der Waals surface area contributed by atoms with Gasteiger partial charge >= 0.3 is 0 Å². The molecular formula is C29H34F3N3O. The second kappa shape index (κ2) is 13.2. The fourth-order valence-electron chi connectivity index (χ4n) is 4.32. The van der Waals surface area contributed by atoms with E-state index in [-0.39, 0.29) is 12.3 Å². The third kappa shape index (κ3) is 7.92. The van der Waals surface area contributed by atoms with Gasteiger partial charge in [-0.05, 0) is 86.1 Å². The van der Waals surface area contributed by atoms with Crippen LogP contribution in [0.25, 0.3) is 0 Å². The smallest absolute Gasteiger partial charge is 0.225 e. The van der Waals surface area contributed by atoms with Crippen LogP contribution in [0.1, 0.15) is 61.3 Å². The van der Waals surface area contributed by atoms with Crippen molar-refractivity contribution >= 4 is 11.6 Å². The van der Waals surface area contributed by atoms with E-state index in [9.17, 15) is 18.0 Å². The van der Waals surface area contributed by atoms with Gasteiger partial charge in [-0.1, -0.05) is 32.0 Å². The largest absolute Gasteiger partial charge is 0.324 e. The molecular weight excluding hydrogens is 463 g/mol. The molecule has 0 unspecified atom stereocenters. The molecule has 0 aliphatic rings. The predicted molar refractivity (Wildman–Crippen MR) is 137 cm³/mol. The zero-order valence-electron chi connectivity index (χ0n) is 21.1. The lowest BCUT2D eigenvalue weighted by molar-refractivity contribution is -0.116. The number of benzene rings is 2. The van der Waals surface area contributed by atoms with Crippen LogP contribution in [0.2, 0.25) is 0 Å². The zero-order valence-corrected chi connectivity index (χ0v) is 21.1. The highest BCUT2D eigenvalue weighted by Gasteiger charge is 2.21. The third-order valence-corrected chi connectivity index (χ3v) is 6.21. The number of carbonyl (C=O) groups excluding carboxylic acids is 1. The molecule has 0 saturated heterocycles. The maximum absolute atomic E-state index is 14.7. The van der Waals surface area contributed by atoms with Gasteiger partial charge in [-0.15, -0.1) is 0 Å². The van der Waals surface area contributed by atoms with Crippen molar-refractivity contribution in [1.29, 1.82) is 0 Å². The summed E-state index contributed by atoms with van der Waals surface area (Å²) in [5, 5.41) is 6.18. The SMILES string of the molecule is CCCNC[C@H](C)CCc1c(F)cncc1NC(=O)C[C@@H](c1ccc(F)cc1)c1cc(C)cc(F)c1. The predicted octanol–water partition coefficient (Wildman–Crippen LogP) is 6.54. The molecule has 1 amide bonds. The Balaban J connectivity index is 1.78. The van der Waals surface area contributed by atoms with Gasteiger partial charge in [0.2, 0.25) is 5.91 Å². The van der Waals surface area contributed by atoms with E-state index >= 15 is 0 Å². The van der Waals surface area contributed by atoms with Crippen LogP contribution in [0, 0.1) is 30.3 Å². The number of hydrogen-bond acceptors (Lipinski definition) is 3. The van der Waals surface area contributed by atoms with E-state index in [0.29, 0.717) is 34.7 Å². The van der Waals surface area contributed by atoms with Gasteiger partial charge < -0.3 is 10.6 Å². The van der Waals surface area contributed by atoms with E-state index in [1.54, 1.807) is 19.1 Å². The van der Waals surface area contributed by atoms with Crippen LogP contribution < -0.4 is 10.6 Å². The number of rotatable bonds is 12. The minimum atomic E-state index is -0.505. The maximum atomic E-state index is 14.7. The summed E-state index contributed by atoms with van der Waals surface area (Å²) >= 11 is 0. The van der Waals surface area contributed by atoms with Crippen LogP contribution in [0.15, 0.2) is 54.9 Å². The molecule has 3 rings (SSSR count). The summed E-state index contributed by atoms with van der Waals surface area (Å²) in [6, 6.07) is 10.4. The molecule has 0 spiro atoms. The molecule has 36 heavy (non-hydrogen) atoms. The van der Waals surface area contributed by atoms with Gasteiger partial charge in [0, 0.05) is 17.9 Å². The Morgan fingerprint density at radius 1 is 1.00 bits per heavy atom. The minimum Gasteiger partial charge on any atom is -0.324 e. The van der Waals surface area contributed by atoms with Crippen LogP contribution in [-0.4, -0.2) is 24.0 Å². The van der Waals surface area contributed by atoms with Crippen molar-refractivity contribution in [3.8, 4) is 0 Å². The average Bonchev–Trinajstić information content (AvgIpc) is 2.82. The first-order chi connectivity index (χ1) is 17.3. The fourth-order valence-corrected chi connectivity index (χ4v) is 4.32. The highest BCUT2D eigenvalue weighted by Crippen LogP contribution is 2.31. The zero-order chi connectivity index (χ0) is 26.1. The number of halogens is 3. The lowest BCUT2D eigenvalue weighted by atomic mass is 9.87. The van der Waals surface area contributed by atoms with Crippen LogP contribution >= 0.6 is 0 Å². The van der Waals surface area contributed by atoms with Crippen LogP contribution in [0.4, 0.5) is 18.9 Å². The monoisotopic (exact) mass is 497 g/mol. The molecule has 0 aliphatic heterocycles. The second-order valence-electron chi connectivity index (χ2n) is 9.41. The van der Waals surface area contributed by atoms with Crippen molar-refractivity contribution < 1.29 is 18.0 Å². The maximum Gasteiger partial charge on any atom is 0.225 e. The molecule has 4 nitrogen and oxygen atoms in total. The lowest BCUT2D eigenvalue weighted by Crippen LogP contribution is -2.22. The Morgan fingerprint density at radius 2 is 1.75 bits per heavy atom. The number of aryl methyl sites for hydroxylation is 1. The second-order valence-corrected chi connectivity index (χ2v) is 9.41. The van der Waals surface area contributed by atoms with E-state index in [4.69, 9.17) is 0 Å². The summed E-state index contributed by atoms with van der Waals surface area (Å²) in [6.45, 7) is 7.77. The third-order valence-electron chi connectivity index (χ3n) is 6.21. The molecule has 7 heteroatoms. The fraction of sp³-hybridized carbons (Fsp3) is 0.379. The van der Waals surface area contributed by atoms with E-state index in [1.165, 1.54) is 30.5 Å². The number of carbonyl (C=O) groups is 1. The number of aromatic nitrogens is 1. The van der Waals surface area contributed by atoms with Crippen LogP contribution in [0.5, 0.6) is 0 Å². The van der Waals surface area contributed by atoms with Crippen molar-refractivity contribution in [3.05, 3.63) is 94.6 Å². The summed E-state index contributed by atoms with van der Waals surface area (Å²) in [6.07, 6.45) is 4.85. The summed E-state index contributed by atoms with van der Waals surface area (Å²) in [5.74, 6) is -1.79. The van der Waals surface area contributed by atoms with Crippen LogP contribution in [-0.2, 0) is 11.2 Å². The number of anilines is 1. The number of nitrogens with one attached hydrogen (secondary N) is 2. The quantitative estimate of drug-likeness (QED) is 0.280. The number of pyridine rings is 1. The molecule has 2 N–H and O–H groups in total. The molecule has 192 valence electrons. The molecule has 0 radical (unpaired) electrons. The van der Waals surface area contributed by atoms with Crippen LogP contribution in [0.3, 0.4) is 0 Å². The van der Waals surface area contributed by atoms with E-state index < -0.39 is 23.4 Å². The first-order valence-electron chi connectivity index (χ1n) is 12.4. The molecule has 0 bridgehead atoms. The normalized spacial score (nSPS) is 12.8. The molecule has 0 fully saturated rings. The first kappa shape index (κ1) is 27.4. The summed E-state index contributed by atoms with van der Waals surface area (Å²) in [4.78, 5) is 17.1. The molecule has 0 saturated carbocycles. The number of nitrogens with zero attached hydrogens (tertiary/aromatic N) is 1. The highest BCUT2D eigenvalue weighted by molar-refractivity contribution is 5.92. The van der Waals surface area contributed by atoms with Gasteiger partial charge in [-0.3, -0.25) is 9.78 Å². The Bertz CT molecular complexity index is 1130. The molecule has 2 aromatic carbocycles. The average molecular weight is 498 g/mol.